The molecule has 22 heavy (non-hydrogen) atoms. The minimum absolute atomic E-state index is 0.132. The molecule has 1 amide bonds. The summed E-state index contributed by atoms with van der Waals surface area (Å²) in [6.07, 6.45) is 2.84. The van der Waals surface area contributed by atoms with E-state index < -0.39 is 0 Å². The van der Waals surface area contributed by atoms with Gasteiger partial charge in [0, 0.05) is 19.2 Å². The number of furan rings is 1. The SMILES string of the molecule is O=C(NCCn1nc(-c2ccco2)ccc1=O)[C@@H]1CCCO1. The second-order valence-electron chi connectivity index (χ2n) is 5.05. The third-order valence-electron chi connectivity index (χ3n) is 3.49. The molecule has 2 aromatic heterocycles. The van der Waals surface area contributed by atoms with Crippen molar-refractivity contribution >= 4 is 5.91 Å². The molecule has 7 heteroatoms. The van der Waals surface area contributed by atoms with E-state index in [0.717, 1.165) is 12.8 Å². The van der Waals surface area contributed by atoms with Crippen LogP contribution in [0.15, 0.2) is 39.7 Å². The Morgan fingerprint density at radius 3 is 3.05 bits per heavy atom. The molecule has 2 aromatic rings. The average Bonchev–Trinajstić information content (AvgIpc) is 3.22. The minimum Gasteiger partial charge on any atom is -0.463 e. The molecular formula is C15H17N3O4. The summed E-state index contributed by atoms with van der Waals surface area (Å²) in [5.74, 6) is 0.463. The molecular weight excluding hydrogens is 286 g/mol. The van der Waals surface area contributed by atoms with Crippen molar-refractivity contribution in [1.29, 1.82) is 0 Å². The van der Waals surface area contributed by atoms with E-state index in [4.69, 9.17) is 9.15 Å². The molecule has 1 saturated heterocycles. The second-order valence-corrected chi connectivity index (χ2v) is 5.05. The monoisotopic (exact) mass is 303 g/mol. The molecule has 0 spiro atoms. The van der Waals surface area contributed by atoms with E-state index in [1.807, 2.05) is 0 Å². The summed E-state index contributed by atoms with van der Waals surface area (Å²) in [6.45, 7) is 1.25. The van der Waals surface area contributed by atoms with Crippen LogP contribution >= 0.6 is 0 Å². The van der Waals surface area contributed by atoms with Gasteiger partial charge in [0.15, 0.2) is 5.76 Å². The maximum absolute atomic E-state index is 11.8. The molecule has 0 radical (unpaired) electrons. The van der Waals surface area contributed by atoms with Crippen LogP contribution in [0, 0.1) is 0 Å². The van der Waals surface area contributed by atoms with Gasteiger partial charge >= 0.3 is 0 Å². The highest BCUT2D eigenvalue weighted by Gasteiger charge is 2.22. The Morgan fingerprint density at radius 1 is 1.41 bits per heavy atom. The molecule has 0 unspecified atom stereocenters. The van der Waals surface area contributed by atoms with Crippen molar-refractivity contribution in [3.8, 4) is 11.5 Å². The van der Waals surface area contributed by atoms with Crippen molar-refractivity contribution < 1.29 is 13.9 Å². The van der Waals surface area contributed by atoms with Gasteiger partial charge in [0.1, 0.15) is 11.8 Å². The highest BCUT2D eigenvalue weighted by molar-refractivity contribution is 5.80. The number of carbonyl (C=O) groups is 1. The van der Waals surface area contributed by atoms with Crippen molar-refractivity contribution in [2.75, 3.05) is 13.2 Å². The number of ether oxygens (including phenoxy) is 1. The number of amides is 1. The average molecular weight is 303 g/mol. The zero-order chi connectivity index (χ0) is 15.4. The molecule has 1 atom stereocenters. The highest BCUT2D eigenvalue weighted by atomic mass is 16.5. The fourth-order valence-corrected chi connectivity index (χ4v) is 2.35. The van der Waals surface area contributed by atoms with E-state index in [9.17, 15) is 9.59 Å². The number of carbonyl (C=O) groups excluding carboxylic acids is 1. The van der Waals surface area contributed by atoms with Crippen molar-refractivity contribution in [2.45, 2.75) is 25.5 Å². The zero-order valence-corrected chi connectivity index (χ0v) is 12.0. The van der Waals surface area contributed by atoms with Crippen LogP contribution in [-0.2, 0) is 16.1 Å². The van der Waals surface area contributed by atoms with Crippen LogP contribution in [0.25, 0.3) is 11.5 Å². The molecule has 0 aliphatic carbocycles. The molecule has 3 rings (SSSR count). The van der Waals surface area contributed by atoms with Crippen molar-refractivity contribution in [1.82, 2.24) is 15.1 Å². The number of hydrogen-bond donors (Lipinski definition) is 1. The largest absolute Gasteiger partial charge is 0.463 e. The maximum Gasteiger partial charge on any atom is 0.266 e. The van der Waals surface area contributed by atoms with Crippen LogP contribution in [-0.4, -0.2) is 34.9 Å². The Hall–Kier alpha value is -2.41. The fraction of sp³-hybridized carbons (Fsp3) is 0.400. The predicted octanol–water partition coefficient (Wildman–Crippen LogP) is 0.798. The first-order valence-electron chi connectivity index (χ1n) is 7.25. The van der Waals surface area contributed by atoms with E-state index in [0.29, 0.717) is 31.2 Å². The van der Waals surface area contributed by atoms with Crippen LogP contribution in [0.4, 0.5) is 0 Å². The first-order valence-corrected chi connectivity index (χ1v) is 7.25. The number of aromatic nitrogens is 2. The molecule has 1 N–H and O–H groups in total. The van der Waals surface area contributed by atoms with Crippen molar-refractivity contribution in [3.05, 3.63) is 40.9 Å². The van der Waals surface area contributed by atoms with Gasteiger partial charge in [0.05, 0.1) is 12.8 Å². The van der Waals surface area contributed by atoms with Gasteiger partial charge in [-0.15, -0.1) is 0 Å². The zero-order valence-electron chi connectivity index (χ0n) is 12.0. The Morgan fingerprint density at radius 2 is 2.32 bits per heavy atom. The third-order valence-corrected chi connectivity index (χ3v) is 3.49. The fourth-order valence-electron chi connectivity index (χ4n) is 2.35. The molecule has 0 saturated carbocycles. The molecule has 116 valence electrons. The van der Waals surface area contributed by atoms with Crippen LogP contribution in [0.1, 0.15) is 12.8 Å². The van der Waals surface area contributed by atoms with Gasteiger partial charge in [-0.05, 0) is 31.0 Å². The highest BCUT2D eigenvalue weighted by Crippen LogP contribution is 2.15. The van der Waals surface area contributed by atoms with Crippen LogP contribution < -0.4 is 10.9 Å². The number of nitrogens with zero attached hydrogens (tertiary/aromatic N) is 2. The van der Waals surface area contributed by atoms with Gasteiger partial charge in [0.2, 0.25) is 5.91 Å². The Labute approximate surface area is 126 Å². The summed E-state index contributed by atoms with van der Waals surface area (Å²) in [5.41, 5.74) is 0.358. The topological polar surface area (TPSA) is 86.4 Å². The lowest BCUT2D eigenvalue weighted by Gasteiger charge is -2.11. The van der Waals surface area contributed by atoms with E-state index in [1.165, 1.54) is 10.7 Å². The second kappa shape index (κ2) is 6.57. The van der Waals surface area contributed by atoms with Crippen LogP contribution in [0.3, 0.4) is 0 Å². The van der Waals surface area contributed by atoms with Gasteiger partial charge in [-0.1, -0.05) is 0 Å². The Kier molecular flexibility index (Phi) is 4.34. The minimum atomic E-state index is -0.362. The molecule has 0 bridgehead atoms. The van der Waals surface area contributed by atoms with Gasteiger partial charge in [-0.25, -0.2) is 4.68 Å². The summed E-state index contributed by atoms with van der Waals surface area (Å²) < 4.78 is 11.9. The summed E-state index contributed by atoms with van der Waals surface area (Å²) in [5, 5.41) is 7.00. The standard InChI is InChI=1S/C15H17N3O4/c19-14-6-5-11(12-3-1-9-21-12)17-18(14)8-7-16-15(20)13-4-2-10-22-13/h1,3,5-6,9,13H,2,4,7-8,10H2,(H,16,20)/t13-/m0/s1. The lowest BCUT2D eigenvalue weighted by Crippen LogP contribution is -2.37. The molecule has 3 heterocycles. The van der Waals surface area contributed by atoms with Gasteiger partial charge < -0.3 is 14.5 Å². The van der Waals surface area contributed by atoms with Crippen molar-refractivity contribution in [2.24, 2.45) is 0 Å². The molecule has 1 aliphatic rings. The van der Waals surface area contributed by atoms with Gasteiger partial charge in [0.25, 0.3) is 5.56 Å². The first-order chi connectivity index (χ1) is 10.7. The molecule has 1 aliphatic heterocycles. The predicted molar refractivity (Wildman–Crippen MR) is 78.2 cm³/mol. The summed E-state index contributed by atoms with van der Waals surface area (Å²) in [4.78, 5) is 23.6. The van der Waals surface area contributed by atoms with E-state index in [2.05, 4.69) is 10.4 Å². The van der Waals surface area contributed by atoms with Crippen molar-refractivity contribution in [3.63, 3.8) is 0 Å². The van der Waals surface area contributed by atoms with Crippen LogP contribution in [0.5, 0.6) is 0 Å². The normalized spacial score (nSPS) is 17.5. The van der Waals surface area contributed by atoms with E-state index in [1.54, 1.807) is 24.5 Å². The first kappa shape index (κ1) is 14.5. The lowest BCUT2D eigenvalue weighted by atomic mass is 10.2. The smallest absolute Gasteiger partial charge is 0.266 e. The number of hydrogen-bond acceptors (Lipinski definition) is 5. The van der Waals surface area contributed by atoms with Gasteiger partial charge in [-0.2, -0.15) is 5.10 Å². The van der Waals surface area contributed by atoms with E-state index in [-0.39, 0.29) is 17.6 Å². The molecule has 0 aromatic carbocycles. The summed E-state index contributed by atoms with van der Waals surface area (Å²) in [7, 11) is 0. The summed E-state index contributed by atoms with van der Waals surface area (Å²) in [6, 6.07) is 6.58. The number of nitrogens with one attached hydrogen (secondary N) is 1. The van der Waals surface area contributed by atoms with E-state index >= 15 is 0 Å². The third kappa shape index (κ3) is 3.25. The molecule has 1 fully saturated rings. The quantitative estimate of drug-likeness (QED) is 0.883. The molecule has 7 nitrogen and oxygen atoms in total. The Balaban J connectivity index is 1.61. The lowest BCUT2D eigenvalue weighted by molar-refractivity contribution is -0.130. The van der Waals surface area contributed by atoms with Crippen LogP contribution in [0.2, 0.25) is 0 Å². The number of rotatable bonds is 5. The Bertz CT molecular complexity index is 687. The van der Waals surface area contributed by atoms with Gasteiger partial charge in [-0.3, -0.25) is 9.59 Å². The summed E-state index contributed by atoms with van der Waals surface area (Å²) >= 11 is 0. The maximum atomic E-state index is 11.8.